The van der Waals surface area contributed by atoms with E-state index in [2.05, 4.69) is 10.6 Å². The molecule has 2 atom stereocenters. The molecule has 0 aromatic rings. The summed E-state index contributed by atoms with van der Waals surface area (Å²) < 4.78 is 0. The maximum absolute atomic E-state index is 11.6. The highest BCUT2D eigenvalue weighted by molar-refractivity contribution is 7.99. The van der Waals surface area contributed by atoms with Crippen LogP contribution in [0.2, 0.25) is 0 Å². The fourth-order valence-electron chi connectivity index (χ4n) is 2.09. The van der Waals surface area contributed by atoms with Crippen molar-refractivity contribution in [2.24, 2.45) is 0 Å². The summed E-state index contributed by atoms with van der Waals surface area (Å²) in [6.45, 7) is 1.08. The second-order valence-electron chi connectivity index (χ2n) is 4.13. The highest BCUT2D eigenvalue weighted by Gasteiger charge is 2.21. The van der Waals surface area contributed by atoms with Gasteiger partial charge in [0.15, 0.2) is 0 Å². The number of hydrogen-bond acceptors (Lipinski definition) is 3. The lowest BCUT2D eigenvalue weighted by molar-refractivity contribution is -0.122. The number of carbonyl (C=O) groups excluding carboxylic acids is 1. The van der Waals surface area contributed by atoms with E-state index in [0.29, 0.717) is 18.5 Å². The van der Waals surface area contributed by atoms with E-state index in [4.69, 9.17) is 0 Å². The molecular formula is C10H18N2OS. The molecule has 2 aliphatic heterocycles. The minimum atomic E-state index is 0.233. The first kappa shape index (κ1) is 10.3. The third kappa shape index (κ3) is 2.89. The van der Waals surface area contributed by atoms with Crippen molar-refractivity contribution in [2.75, 3.05) is 18.1 Å². The molecule has 4 heteroatoms. The Morgan fingerprint density at radius 3 is 3.07 bits per heavy atom. The first-order valence-electron chi connectivity index (χ1n) is 5.45. The van der Waals surface area contributed by atoms with Gasteiger partial charge < -0.3 is 10.6 Å². The van der Waals surface area contributed by atoms with Gasteiger partial charge in [0.25, 0.3) is 0 Å². The predicted octanol–water partition coefficient (Wildman–Crippen LogP) is 0.750. The second kappa shape index (κ2) is 5.03. The van der Waals surface area contributed by atoms with Crippen LogP contribution in [0, 0.1) is 0 Å². The van der Waals surface area contributed by atoms with Gasteiger partial charge >= 0.3 is 0 Å². The lowest BCUT2D eigenvalue weighted by atomic mass is 10.1. The van der Waals surface area contributed by atoms with Crippen LogP contribution in [0.1, 0.15) is 25.7 Å². The van der Waals surface area contributed by atoms with E-state index < -0.39 is 0 Å². The summed E-state index contributed by atoms with van der Waals surface area (Å²) >= 11 is 1.94. The van der Waals surface area contributed by atoms with Crippen LogP contribution in [0.5, 0.6) is 0 Å². The molecule has 1 amide bonds. The number of amides is 1. The van der Waals surface area contributed by atoms with Gasteiger partial charge in [0.05, 0.1) is 0 Å². The van der Waals surface area contributed by atoms with Gasteiger partial charge in [0.1, 0.15) is 0 Å². The highest BCUT2D eigenvalue weighted by atomic mass is 32.2. The Morgan fingerprint density at radius 2 is 2.43 bits per heavy atom. The van der Waals surface area contributed by atoms with Gasteiger partial charge in [-0.15, -0.1) is 0 Å². The molecular weight excluding hydrogens is 196 g/mol. The van der Waals surface area contributed by atoms with Gasteiger partial charge in [-0.1, -0.05) is 0 Å². The molecule has 2 N–H and O–H groups in total. The van der Waals surface area contributed by atoms with Crippen molar-refractivity contribution in [1.82, 2.24) is 10.6 Å². The van der Waals surface area contributed by atoms with Crippen LogP contribution >= 0.6 is 11.8 Å². The van der Waals surface area contributed by atoms with Crippen LogP contribution in [0.15, 0.2) is 0 Å². The van der Waals surface area contributed by atoms with Crippen LogP contribution in [-0.4, -0.2) is 36.0 Å². The fourth-order valence-corrected chi connectivity index (χ4v) is 3.24. The molecule has 0 bridgehead atoms. The van der Waals surface area contributed by atoms with Crippen molar-refractivity contribution in [3.8, 4) is 0 Å². The Bertz CT molecular complexity index is 178. The number of hydrogen-bond donors (Lipinski definition) is 2. The molecule has 80 valence electrons. The average Bonchev–Trinajstić information content (AvgIpc) is 2.76. The van der Waals surface area contributed by atoms with Crippen molar-refractivity contribution in [1.29, 1.82) is 0 Å². The summed E-state index contributed by atoms with van der Waals surface area (Å²) in [7, 11) is 0. The zero-order chi connectivity index (χ0) is 9.80. The summed E-state index contributed by atoms with van der Waals surface area (Å²) in [5, 5.41) is 6.45. The van der Waals surface area contributed by atoms with E-state index >= 15 is 0 Å². The molecule has 0 saturated carbocycles. The number of carbonyl (C=O) groups is 1. The monoisotopic (exact) mass is 214 g/mol. The van der Waals surface area contributed by atoms with Gasteiger partial charge in [0, 0.05) is 24.3 Å². The van der Waals surface area contributed by atoms with E-state index in [9.17, 15) is 4.79 Å². The van der Waals surface area contributed by atoms with Gasteiger partial charge in [-0.05, 0) is 31.6 Å². The molecule has 3 nitrogen and oxygen atoms in total. The topological polar surface area (TPSA) is 41.1 Å². The van der Waals surface area contributed by atoms with Gasteiger partial charge in [-0.25, -0.2) is 0 Å². The zero-order valence-corrected chi connectivity index (χ0v) is 9.24. The molecule has 2 unspecified atom stereocenters. The molecule has 2 rings (SSSR count). The molecule has 0 radical (unpaired) electrons. The Kier molecular flexibility index (Phi) is 3.70. The summed E-state index contributed by atoms with van der Waals surface area (Å²) in [5.74, 6) is 2.54. The smallest absolute Gasteiger partial charge is 0.221 e. The van der Waals surface area contributed by atoms with E-state index in [1.807, 2.05) is 11.8 Å². The number of nitrogens with one attached hydrogen (secondary N) is 2. The zero-order valence-electron chi connectivity index (χ0n) is 8.42. The van der Waals surface area contributed by atoms with Crippen molar-refractivity contribution in [3.05, 3.63) is 0 Å². The largest absolute Gasteiger partial charge is 0.352 e. The van der Waals surface area contributed by atoms with Crippen molar-refractivity contribution < 1.29 is 4.79 Å². The predicted molar refractivity (Wildman–Crippen MR) is 59.5 cm³/mol. The molecule has 0 aromatic heterocycles. The SMILES string of the molecule is O=C(CC1CCCN1)NC1CCSC1. The van der Waals surface area contributed by atoms with Crippen molar-refractivity contribution in [3.63, 3.8) is 0 Å². The summed E-state index contributed by atoms with van der Waals surface area (Å²) in [6, 6.07) is 0.873. The molecule has 2 saturated heterocycles. The van der Waals surface area contributed by atoms with Crippen LogP contribution in [0.4, 0.5) is 0 Å². The molecule has 2 aliphatic rings. The average molecular weight is 214 g/mol. The van der Waals surface area contributed by atoms with E-state index in [1.165, 1.54) is 12.2 Å². The number of thioether (sulfide) groups is 1. The standard InChI is InChI=1S/C10H18N2OS/c13-10(6-8-2-1-4-11-8)12-9-3-5-14-7-9/h8-9,11H,1-7H2,(H,12,13). The maximum Gasteiger partial charge on any atom is 0.221 e. The Labute approximate surface area is 89.4 Å². The lowest BCUT2D eigenvalue weighted by Gasteiger charge is -2.14. The van der Waals surface area contributed by atoms with Crippen LogP contribution in [0.25, 0.3) is 0 Å². The summed E-state index contributed by atoms with van der Waals surface area (Å²) in [6.07, 6.45) is 4.19. The van der Waals surface area contributed by atoms with Crippen LogP contribution < -0.4 is 10.6 Å². The molecule has 0 aliphatic carbocycles. The summed E-state index contributed by atoms with van der Waals surface area (Å²) in [5.41, 5.74) is 0. The Hall–Kier alpha value is -0.220. The quantitative estimate of drug-likeness (QED) is 0.728. The van der Waals surface area contributed by atoms with Gasteiger partial charge in [-0.2, -0.15) is 11.8 Å². The second-order valence-corrected chi connectivity index (χ2v) is 5.28. The van der Waals surface area contributed by atoms with Gasteiger partial charge in [-0.3, -0.25) is 4.79 Å². The minimum absolute atomic E-state index is 0.233. The third-order valence-electron chi connectivity index (χ3n) is 2.89. The molecule has 2 fully saturated rings. The molecule has 14 heavy (non-hydrogen) atoms. The highest BCUT2D eigenvalue weighted by Crippen LogP contribution is 2.17. The Morgan fingerprint density at radius 1 is 1.50 bits per heavy atom. The minimum Gasteiger partial charge on any atom is -0.352 e. The third-order valence-corrected chi connectivity index (χ3v) is 4.05. The van der Waals surface area contributed by atoms with E-state index in [1.54, 1.807) is 0 Å². The molecule has 0 aromatic carbocycles. The lowest BCUT2D eigenvalue weighted by Crippen LogP contribution is -2.38. The first-order chi connectivity index (χ1) is 6.84. The number of rotatable bonds is 3. The van der Waals surface area contributed by atoms with Crippen LogP contribution in [0.3, 0.4) is 0 Å². The molecule has 0 spiro atoms. The normalized spacial score (nSPS) is 32.0. The van der Waals surface area contributed by atoms with E-state index in [0.717, 1.165) is 25.1 Å². The maximum atomic E-state index is 11.6. The Balaban J connectivity index is 1.66. The fraction of sp³-hybridized carbons (Fsp3) is 0.900. The van der Waals surface area contributed by atoms with Crippen molar-refractivity contribution in [2.45, 2.75) is 37.8 Å². The summed E-state index contributed by atoms with van der Waals surface area (Å²) in [4.78, 5) is 11.6. The van der Waals surface area contributed by atoms with Crippen molar-refractivity contribution >= 4 is 17.7 Å². The molecule has 2 heterocycles. The first-order valence-corrected chi connectivity index (χ1v) is 6.60. The van der Waals surface area contributed by atoms with Crippen LogP contribution in [-0.2, 0) is 4.79 Å². The van der Waals surface area contributed by atoms with Gasteiger partial charge in [0.2, 0.25) is 5.91 Å². The van der Waals surface area contributed by atoms with E-state index in [-0.39, 0.29) is 5.91 Å².